The third-order valence-electron chi connectivity index (χ3n) is 4.93. The molecule has 1 fully saturated rings. The molecule has 4 rings (SSSR count). The zero-order valence-electron chi connectivity index (χ0n) is 14.7. The molecule has 27 heavy (non-hydrogen) atoms. The normalized spacial score (nSPS) is 15.2. The van der Waals surface area contributed by atoms with Gasteiger partial charge in [-0.15, -0.1) is 0 Å². The maximum absolute atomic E-state index is 13.0. The van der Waals surface area contributed by atoms with Crippen LogP contribution in [0, 0.1) is 5.82 Å². The Morgan fingerprint density at radius 1 is 1.11 bits per heavy atom. The van der Waals surface area contributed by atoms with Gasteiger partial charge in [0.2, 0.25) is 5.91 Å². The van der Waals surface area contributed by atoms with E-state index in [2.05, 4.69) is 10.2 Å². The molecule has 0 spiro atoms. The van der Waals surface area contributed by atoms with Crippen LogP contribution in [0.2, 0.25) is 0 Å². The second kappa shape index (κ2) is 7.26. The summed E-state index contributed by atoms with van der Waals surface area (Å²) < 4.78 is 19.5. The number of benzene rings is 2. The van der Waals surface area contributed by atoms with Gasteiger partial charge in [-0.05, 0) is 49.2 Å². The second-order valence-corrected chi connectivity index (χ2v) is 6.73. The first-order valence-electron chi connectivity index (χ1n) is 8.98. The molecule has 1 aliphatic heterocycles. The van der Waals surface area contributed by atoms with E-state index in [0.29, 0.717) is 11.1 Å². The number of carbonyl (C=O) groups is 1. The van der Waals surface area contributed by atoms with Crippen LogP contribution in [0.5, 0.6) is 0 Å². The number of nitrogens with one attached hydrogen (secondary N) is 1. The molecule has 1 aromatic heterocycles. The number of amides is 1. The first kappa shape index (κ1) is 17.3. The first-order valence-corrected chi connectivity index (χ1v) is 8.98. The van der Waals surface area contributed by atoms with E-state index in [4.69, 9.17) is 4.42 Å². The number of fused-ring (bicyclic) bond motifs is 1. The lowest BCUT2D eigenvalue weighted by molar-refractivity contribution is -0.122. The summed E-state index contributed by atoms with van der Waals surface area (Å²) in [6, 6.07) is 13.6. The van der Waals surface area contributed by atoms with Gasteiger partial charge in [-0.2, -0.15) is 0 Å². The van der Waals surface area contributed by atoms with Crippen molar-refractivity contribution >= 4 is 22.7 Å². The Balaban J connectivity index is 1.35. The summed E-state index contributed by atoms with van der Waals surface area (Å²) in [5.74, 6) is -0.982. The Morgan fingerprint density at radius 3 is 2.56 bits per heavy atom. The number of halogens is 1. The lowest BCUT2D eigenvalue weighted by Gasteiger charge is -2.34. The lowest BCUT2D eigenvalue weighted by atomic mass is 10.0. The zero-order valence-corrected chi connectivity index (χ0v) is 14.7. The molecule has 1 saturated heterocycles. The lowest BCUT2D eigenvalue weighted by Crippen LogP contribution is -2.46. The highest BCUT2D eigenvalue weighted by molar-refractivity contribution is 5.79. The summed E-state index contributed by atoms with van der Waals surface area (Å²) >= 11 is 0. The van der Waals surface area contributed by atoms with Crippen LogP contribution >= 0.6 is 0 Å². The minimum Gasteiger partial charge on any atom is -0.408 e. The molecule has 2 heterocycles. The van der Waals surface area contributed by atoms with E-state index in [1.165, 1.54) is 16.7 Å². The molecule has 0 radical (unpaired) electrons. The Morgan fingerprint density at radius 2 is 1.81 bits per heavy atom. The summed E-state index contributed by atoms with van der Waals surface area (Å²) in [7, 11) is 0. The molecule has 0 unspecified atom stereocenters. The first-order chi connectivity index (χ1) is 13.1. The molecule has 0 saturated carbocycles. The molecule has 0 bridgehead atoms. The molecular weight excluding hydrogens is 349 g/mol. The van der Waals surface area contributed by atoms with Crippen LogP contribution in [0.4, 0.5) is 10.1 Å². The molecule has 140 valence electrons. The van der Waals surface area contributed by atoms with E-state index in [9.17, 15) is 14.0 Å². The Labute approximate surface area is 155 Å². The molecule has 7 heteroatoms. The van der Waals surface area contributed by atoms with Gasteiger partial charge in [0.25, 0.3) is 0 Å². The van der Waals surface area contributed by atoms with Crippen molar-refractivity contribution in [3.63, 3.8) is 0 Å². The summed E-state index contributed by atoms with van der Waals surface area (Å²) in [4.78, 5) is 26.5. The number of carbonyl (C=O) groups excluding carboxylic acids is 1. The minimum atomic E-state index is -0.530. The topological polar surface area (TPSA) is 67.5 Å². The predicted molar refractivity (Wildman–Crippen MR) is 100 cm³/mol. The Hall–Kier alpha value is -3.09. The number of anilines is 1. The van der Waals surface area contributed by atoms with Crippen LogP contribution in [0.25, 0.3) is 11.1 Å². The molecule has 0 aliphatic carbocycles. The Kier molecular flexibility index (Phi) is 4.66. The van der Waals surface area contributed by atoms with Crippen LogP contribution in [0.15, 0.2) is 57.7 Å². The number of aromatic nitrogens is 1. The smallest absolute Gasteiger partial charge is 0.408 e. The van der Waals surface area contributed by atoms with Gasteiger partial charge in [0.15, 0.2) is 5.58 Å². The van der Waals surface area contributed by atoms with E-state index in [0.717, 1.165) is 31.6 Å². The van der Waals surface area contributed by atoms with Gasteiger partial charge < -0.3 is 14.6 Å². The number of hydrogen-bond donors (Lipinski definition) is 1. The maximum atomic E-state index is 13.0. The fraction of sp³-hybridized carbons (Fsp3) is 0.300. The molecule has 1 aliphatic rings. The third-order valence-corrected chi connectivity index (χ3v) is 4.93. The SMILES string of the molecule is O=C(Cn1c(=O)oc2ccccc21)NC1CCN(c2ccc(F)cc2)CC1. The van der Waals surface area contributed by atoms with Crippen molar-refractivity contribution in [1.82, 2.24) is 9.88 Å². The van der Waals surface area contributed by atoms with Crippen LogP contribution in [0.3, 0.4) is 0 Å². The van der Waals surface area contributed by atoms with Crippen LogP contribution in [-0.4, -0.2) is 29.6 Å². The van der Waals surface area contributed by atoms with Gasteiger partial charge in [0.05, 0.1) is 5.52 Å². The summed E-state index contributed by atoms with van der Waals surface area (Å²) in [5.41, 5.74) is 2.07. The Bertz CT molecular complexity index is 1000. The van der Waals surface area contributed by atoms with Gasteiger partial charge in [0.1, 0.15) is 12.4 Å². The molecule has 1 N–H and O–H groups in total. The zero-order chi connectivity index (χ0) is 18.8. The molecule has 2 aromatic carbocycles. The minimum absolute atomic E-state index is 0.0584. The average Bonchev–Trinajstić information content (AvgIpc) is 2.98. The van der Waals surface area contributed by atoms with Crippen molar-refractivity contribution in [1.29, 1.82) is 0 Å². The van der Waals surface area contributed by atoms with E-state index < -0.39 is 5.76 Å². The van der Waals surface area contributed by atoms with E-state index in [1.54, 1.807) is 36.4 Å². The van der Waals surface area contributed by atoms with Crippen molar-refractivity contribution in [2.45, 2.75) is 25.4 Å². The van der Waals surface area contributed by atoms with Crippen LogP contribution < -0.4 is 16.0 Å². The number of para-hydroxylation sites is 2. The number of hydrogen-bond acceptors (Lipinski definition) is 4. The van der Waals surface area contributed by atoms with Gasteiger partial charge in [0, 0.05) is 24.8 Å². The molecule has 1 amide bonds. The van der Waals surface area contributed by atoms with Crippen LogP contribution in [0.1, 0.15) is 12.8 Å². The van der Waals surface area contributed by atoms with E-state index >= 15 is 0 Å². The molecular formula is C20H20FN3O3. The van der Waals surface area contributed by atoms with Crippen molar-refractivity contribution in [3.05, 3.63) is 64.9 Å². The molecule has 6 nitrogen and oxygen atoms in total. The van der Waals surface area contributed by atoms with Gasteiger partial charge in [-0.1, -0.05) is 12.1 Å². The largest absolute Gasteiger partial charge is 0.420 e. The van der Waals surface area contributed by atoms with Crippen molar-refractivity contribution < 1.29 is 13.6 Å². The number of oxazole rings is 1. The average molecular weight is 369 g/mol. The molecule has 0 atom stereocenters. The van der Waals surface area contributed by atoms with Crippen molar-refractivity contribution in [3.8, 4) is 0 Å². The van der Waals surface area contributed by atoms with Gasteiger partial charge in [-0.25, -0.2) is 9.18 Å². The third kappa shape index (κ3) is 3.72. The standard InChI is InChI=1S/C20H20FN3O3/c21-14-5-7-16(8-6-14)23-11-9-15(10-12-23)22-19(25)13-24-17-3-1-2-4-18(17)27-20(24)26/h1-8,15H,9-13H2,(H,22,25). The highest BCUT2D eigenvalue weighted by Gasteiger charge is 2.22. The second-order valence-electron chi connectivity index (χ2n) is 6.73. The van der Waals surface area contributed by atoms with Crippen molar-refractivity contribution in [2.75, 3.05) is 18.0 Å². The van der Waals surface area contributed by atoms with Crippen molar-refractivity contribution in [2.24, 2.45) is 0 Å². The fourth-order valence-electron chi connectivity index (χ4n) is 3.51. The highest BCUT2D eigenvalue weighted by atomic mass is 19.1. The number of nitrogens with zero attached hydrogens (tertiary/aromatic N) is 2. The van der Waals surface area contributed by atoms with Crippen LogP contribution in [-0.2, 0) is 11.3 Å². The molecule has 3 aromatic rings. The number of piperidine rings is 1. The van der Waals surface area contributed by atoms with Gasteiger partial charge in [-0.3, -0.25) is 9.36 Å². The van der Waals surface area contributed by atoms with E-state index in [-0.39, 0.29) is 24.3 Å². The maximum Gasteiger partial charge on any atom is 0.420 e. The van der Waals surface area contributed by atoms with E-state index in [1.807, 2.05) is 0 Å². The predicted octanol–water partition coefficient (Wildman–Crippen LogP) is 2.52. The fourth-order valence-corrected chi connectivity index (χ4v) is 3.51. The summed E-state index contributed by atoms with van der Waals surface area (Å²) in [5, 5.41) is 3.00. The number of rotatable bonds is 4. The summed E-state index contributed by atoms with van der Waals surface area (Å²) in [6.45, 7) is 1.50. The highest BCUT2D eigenvalue weighted by Crippen LogP contribution is 2.20. The monoisotopic (exact) mass is 369 g/mol. The summed E-state index contributed by atoms with van der Waals surface area (Å²) in [6.07, 6.45) is 1.59. The quantitative estimate of drug-likeness (QED) is 0.767. The van der Waals surface area contributed by atoms with Gasteiger partial charge >= 0.3 is 5.76 Å².